The number of nitrogens with zero attached hydrogens (tertiary/aromatic N) is 2. The smallest absolute Gasteiger partial charge is 0.253 e. The van der Waals surface area contributed by atoms with Gasteiger partial charge >= 0.3 is 0 Å². The first-order chi connectivity index (χ1) is 11.8. The standard InChI is InChI=1S/C20H31N3O2/c1-14(2)15(3)21-19(24)16-9-11-23(12-10-16)20(25)17-7-6-8-18(13-17)22(4)5/h6-8,13-16H,9-12H2,1-5H3,(H,21,24)/t15-/m0/s1. The van der Waals surface area contributed by atoms with Gasteiger partial charge in [0.25, 0.3) is 5.91 Å². The van der Waals surface area contributed by atoms with Crippen molar-refractivity contribution in [3.8, 4) is 0 Å². The molecule has 0 bridgehead atoms. The first-order valence-electron chi connectivity index (χ1n) is 9.16. The van der Waals surface area contributed by atoms with Crippen molar-refractivity contribution in [2.24, 2.45) is 11.8 Å². The molecule has 0 radical (unpaired) electrons. The number of hydrogen-bond donors (Lipinski definition) is 1. The van der Waals surface area contributed by atoms with Crippen molar-refractivity contribution < 1.29 is 9.59 Å². The van der Waals surface area contributed by atoms with E-state index in [2.05, 4.69) is 19.2 Å². The van der Waals surface area contributed by atoms with E-state index in [4.69, 9.17) is 0 Å². The molecule has 0 spiro atoms. The molecule has 0 saturated carbocycles. The Kier molecular flexibility index (Phi) is 6.45. The van der Waals surface area contributed by atoms with Gasteiger partial charge in [-0.2, -0.15) is 0 Å². The van der Waals surface area contributed by atoms with Gasteiger partial charge in [0.1, 0.15) is 0 Å². The number of benzene rings is 1. The van der Waals surface area contributed by atoms with Crippen molar-refractivity contribution in [2.45, 2.75) is 39.7 Å². The second kappa shape index (κ2) is 8.37. The second-order valence-electron chi connectivity index (χ2n) is 7.55. The average Bonchev–Trinajstić information content (AvgIpc) is 2.61. The van der Waals surface area contributed by atoms with Gasteiger partial charge in [-0.15, -0.1) is 0 Å². The average molecular weight is 345 g/mol. The first kappa shape index (κ1) is 19.3. The normalized spacial score (nSPS) is 16.6. The number of rotatable bonds is 5. The maximum absolute atomic E-state index is 12.7. The number of carbonyl (C=O) groups excluding carboxylic acids is 2. The minimum Gasteiger partial charge on any atom is -0.378 e. The molecule has 1 saturated heterocycles. The lowest BCUT2D eigenvalue weighted by atomic mass is 9.94. The first-order valence-corrected chi connectivity index (χ1v) is 9.16. The SMILES string of the molecule is CC(C)[C@H](C)NC(=O)C1CCN(C(=O)c2cccc(N(C)C)c2)CC1. The lowest BCUT2D eigenvalue weighted by Crippen LogP contribution is -2.45. The number of amides is 2. The fourth-order valence-corrected chi connectivity index (χ4v) is 2.95. The monoisotopic (exact) mass is 345 g/mol. The maximum Gasteiger partial charge on any atom is 0.253 e. The Labute approximate surface area is 151 Å². The third-order valence-electron chi connectivity index (χ3n) is 5.13. The number of piperidine rings is 1. The zero-order valence-electron chi connectivity index (χ0n) is 16.1. The topological polar surface area (TPSA) is 52.7 Å². The van der Waals surface area contributed by atoms with Gasteiger partial charge < -0.3 is 15.1 Å². The van der Waals surface area contributed by atoms with E-state index >= 15 is 0 Å². The molecular weight excluding hydrogens is 314 g/mol. The Morgan fingerprint density at radius 2 is 1.80 bits per heavy atom. The summed E-state index contributed by atoms with van der Waals surface area (Å²) in [6, 6.07) is 7.87. The molecular formula is C20H31N3O2. The summed E-state index contributed by atoms with van der Waals surface area (Å²) >= 11 is 0. The summed E-state index contributed by atoms with van der Waals surface area (Å²) in [5.74, 6) is 0.619. The summed E-state index contributed by atoms with van der Waals surface area (Å²) < 4.78 is 0. The second-order valence-corrected chi connectivity index (χ2v) is 7.55. The van der Waals surface area contributed by atoms with Crippen LogP contribution in [0.5, 0.6) is 0 Å². The van der Waals surface area contributed by atoms with Crippen molar-refractivity contribution in [3.63, 3.8) is 0 Å². The Morgan fingerprint density at radius 3 is 2.36 bits per heavy atom. The van der Waals surface area contributed by atoms with E-state index in [0.717, 1.165) is 18.5 Å². The lowest BCUT2D eigenvalue weighted by Gasteiger charge is -2.32. The molecule has 1 fully saturated rings. The largest absolute Gasteiger partial charge is 0.378 e. The fourth-order valence-electron chi connectivity index (χ4n) is 2.95. The van der Waals surface area contributed by atoms with E-state index in [0.29, 0.717) is 24.6 Å². The van der Waals surface area contributed by atoms with Gasteiger partial charge in [0.05, 0.1) is 0 Å². The van der Waals surface area contributed by atoms with Crippen LogP contribution in [0.2, 0.25) is 0 Å². The third kappa shape index (κ3) is 4.97. The fraction of sp³-hybridized carbons (Fsp3) is 0.600. The summed E-state index contributed by atoms with van der Waals surface area (Å²) in [5.41, 5.74) is 1.73. The van der Waals surface area contributed by atoms with Crippen molar-refractivity contribution in [1.29, 1.82) is 0 Å². The summed E-state index contributed by atoms with van der Waals surface area (Å²) in [5, 5.41) is 3.10. The van der Waals surface area contributed by atoms with Gasteiger partial charge in [0, 0.05) is 50.4 Å². The van der Waals surface area contributed by atoms with Crippen molar-refractivity contribution in [1.82, 2.24) is 10.2 Å². The highest BCUT2D eigenvalue weighted by Gasteiger charge is 2.28. The van der Waals surface area contributed by atoms with Gasteiger partial charge in [-0.25, -0.2) is 0 Å². The molecule has 0 unspecified atom stereocenters. The molecule has 1 aromatic rings. The Morgan fingerprint density at radius 1 is 1.16 bits per heavy atom. The van der Waals surface area contributed by atoms with E-state index in [1.807, 2.05) is 55.1 Å². The van der Waals surface area contributed by atoms with Crippen LogP contribution in [0.25, 0.3) is 0 Å². The molecule has 1 aliphatic rings. The maximum atomic E-state index is 12.7. The highest BCUT2D eigenvalue weighted by atomic mass is 16.2. The molecule has 2 rings (SSSR count). The quantitative estimate of drug-likeness (QED) is 0.893. The van der Waals surface area contributed by atoms with Gasteiger partial charge in [-0.05, 0) is 43.9 Å². The van der Waals surface area contributed by atoms with E-state index in [9.17, 15) is 9.59 Å². The molecule has 0 aliphatic carbocycles. The Hall–Kier alpha value is -2.04. The van der Waals surface area contributed by atoms with E-state index in [-0.39, 0.29) is 23.8 Å². The molecule has 1 atom stereocenters. The number of nitrogens with one attached hydrogen (secondary N) is 1. The molecule has 25 heavy (non-hydrogen) atoms. The van der Waals surface area contributed by atoms with Crippen LogP contribution in [0, 0.1) is 11.8 Å². The van der Waals surface area contributed by atoms with Crippen LogP contribution in [0.1, 0.15) is 44.0 Å². The van der Waals surface area contributed by atoms with E-state index in [1.54, 1.807) is 0 Å². The molecule has 1 N–H and O–H groups in total. The van der Waals surface area contributed by atoms with Crippen LogP contribution in [0.15, 0.2) is 24.3 Å². The zero-order valence-corrected chi connectivity index (χ0v) is 16.1. The third-order valence-corrected chi connectivity index (χ3v) is 5.13. The summed E-state index contributed by atoms with van der Waals surface area (Å²) in [7, 11) is 3.93. The molecule has 1 heterocycles. The van der Waals surface area contributed by atoms with Crippen molar-refractivity contribution in [3.05, 3.63) is 29.8 Å². The van der Waals surface area contributed by atoms with Crippen LogP contribution in [0.4, 0.5) is 5.69 Å². The van der Waals surface area contributed by atoms with Crippen molar-refractivity contribution in [2.75, 3.05) is 32.1 Å². The summed E-state index contributed by atoms with van der Waals surface area (Å²) in [6.07, 6.45) is 1.46. The van der Waals surface area contributed by atoms with Gasteiger partial charge in [0.2, 0.25) is 5.91 Å². The van der Waals surface area contributed by atoms with Crippen molar-refractivity contribution >= 4 is 17.5 Å². The van der Waals surface area contributed by atoms with Crippen LogP contribution in [-0.4, -0.2) is 49.9 Å². The number of hydrogen-bond acceptors (Lipinski definition) is 3. The predicted octanol–water partition coefficient (Wildman–Crippen LogP) is 2.77. The van der Waals surface area contributed by atoms with Gasteiger partial charge in [-0.1, -0.05) is 19.9 Å². The number of carbonyl (C=O) groups is 2. The molecule has 5 heteroatoms. The van der Waals surface area contributed by atoms with Crippen LogP contribution in [-0.2, 0) is 4.79 Å². The molecule has 138 valence electrons. The highest BCUT2D eigenvalue weighted by Crippen LogP contribution is 2.21. The van der Waals surface area contributed by atoms with Gasteiger partial charge in [-0.3, -0.25) is 9.59 Å². The Bertz CT molecular complexity index is 605. The molecule has 0 aromatic heterocycles. The summed E-state index contributed by atoms with van der Waals surface area (Å²) in [4.78, 5) is 28.9. The zero-order chi connectivity index (χ0) is 18.6. The molecule has 5 nitrogen and oxygen atoms in total. The van der Waals surface area contributed by atoms with Crippen LogP contribution >= 0.6 is 0 Å². The summed E-state index contributed by atoms with van der Waals surface area (Å²) in [6.45, 7) is 7.53. The van der Waals surface area contributed by atoms with Crippen LogP contribution < -0.4 is 10.2 Å². The molecule has 1 aliphatic heterocycles. The Balaban J connectivity index is 1.92. The van der Waals surface area contributed by atoms with Crippen LogP contribution in [0.3, 0.4) is 0 Å². The lowest BCUT2D eigenvalue weighted by molar-refractivity contribution is -0.127. The molecule has 1 aromatic carbocycles. The highest BCUT2D eigenvalue weighted by molar-refractivity contribution is 5.95. The van der Waals surface area contributed by atoms with E-state index < -0.39 is 0 Å². The van der Waals surface area contributed by atoms with E-state index in [1.165, 1.54) is 0 Å². The minimum atomic E-state index is 0.0124. The molecule has 2 amide bonds. The number of anilines is 1. The van der Waals surface area contributed by atoms with Gasteiger partial charge in [0.15, 0.2) is 0 Å². The predicted molar refractivity (Wildman–Crippen MR) is 102 cm³/mol. The minimum absolute atomic E-state index is 0.0124. The number of likely N-dealkylation sites (tertiary alicyclic amines) is 1.